The average molecular weight is 252 g/mol. The number of carbonyl (C=O) groups is 1. The molecule has 2 rings (SSSR count). The second-order valence-electron chi connectivity index (χ2n) is 4.50. The Labute approximate surface area is 105 Å². The second kappa shape index (κ2) is 5.82. The molecule has 0 atom stereocenters. The Balaban J connectivity index is 1.80. The summed E-state index contributed by atoms with van der Waals surface area (Å²) in [4.78, 5) is 11.6. The number of benzene rings is 1. The number of ether oxygens (including phenoxy) is 1. The van der Waals surface area contributed by atoms with Crippen molar-refractivity contribution >= 4 is 17.3 Å². The van der Waals surface area contributed by atoms with Crippen LogP contribution < -0.4 is 11.1 Å². The van der Waals surface area contributed by atoms with Gasteiger partial charge < -0.3 is 15.8 Å². The van der Waals surface area contributed by atoms with E-state index in [0.717, 1.165) is 12.8 Å². The van der Waals surface area contributed by atoms with E-state index in [1.807, 2.05) is 0 Å². The molecule has 1 aromatic carbocycles. The summed E-state index contributed by atoms with van der Waals surface area (Å²) in [5.74, 6) is -0.733. The van der Waals surface area contributed by atoms with Gasteiger partial charge in [-0.3, -0.25) is 4.79 Å². The topological polar surface area (TPSA) is 64.3 Å². The number of carbonyl (C=O) groups excluding carboxylic acids is 1. The lowest BCUT2D eigenvalue weighted by atomic mass is 10.2. The Morgan fingerprint density at radius 2 is 2.17 bits per heavy atom. The molecule has 18 heavy (non-hydrogen) atoms. The van der Waals surface area contributed by atoms with Crippen molar-refractivity contribution < 1.29 is 13.9 Å². The van der Waals surface area contributed by atoms with Crippen LogP contribution in [0.5, 0.6) is 0 Å². The summed E-state index contributed by atoms with van der Waals surface area (Å²) in [6.45, 7) is 0.0297. The minimum absolute atomic E-state index is 0.0181. The first-order valence-corrected chi connectivity index (χ1v) is 6.11. The maximum atomic E-state index is 12.9. The quantitative estimate of drug-likeness (QED) is 0.808. The number of nitrogens with one attached hydrogen (secondary N) is 1. The van der Waals surface area contributed by atoms with Crippen molar-refractivity contribution in [1.29, 1.82) is 0 Å². The third-order valence-electron chi connectivity index (χ3n) is 3.03. The van der Waals surface area contributed by atoms with Crippen molar-refractivity contribution in [2.45, 2.75) is 31.8 Å². The van der Waals surface area contributed by atoms with Crippen LogP contribution in [0.3, 0.4) is 0 Å². The van der Waals surface area contributed by atoms with E-state index in [9.17, 15) is 9.18 Å². The molecule has 4 nitrogen and oxygen atoms in total. The Morgan fingerprint density at radius 3 is 2.83 bits per heavy atom. The van der Waals surface area contributed by atoms with Crippen LogP contribution in [0.4, 0.5) is 15.8 Å². The fraction of sp³-hybridized carbons (Fsp3) is 0.462. The molecule has 3 N–H and O–H groups in total. The smallest absolute Gasteiger partial charge is 0.250 e. The van der Waals surface area contributed by atoms with Gasteiger partial charge >= 0.3 is 0 Å². The summed E-state index contributed by atoms with van der Waals surface area (Å²) in [6, 6.07) is 4.09. The van der Waals surface area contributed by atoms with E-state index in [1.165, 1.54) is 31.0 Å². The number of hydrogen-bond acceptors (Lipinski definition) is 3. The molecule has 1 aliphatic carbocycles. The first-order valence-electron chi connectivity index (χ1n) is 6.11. The highest BCUT2D eigenvalue weighted by atomic mass is 19.1. The molecule has 1 amide bonds. The summed E-state index contributed by atoms with van der Waals surface area (Å²) in [5.41, 5.74) is 5.91. The maximum absolute atomic E-state index is 12.9. The van der Waals surface area contributed by atoms with E-state index < -0.39 is 5.82 Å². The van der Waals surface area contributed by atoms with Gasteiger partial charge in [-0.1, -0.05) is 12.8 Å². The number of nitrogen functional groups attached to an aromatic ring is 1. The first kappa shape index (κ1) is 12.8. The number of nitrogens with two attached hydrogens (primary N) is 1. The highest BCUT2D eigenvalue weighted by molar-refractivity contribution is 5.92. The standard InChI is InChI=1S/C13H17FN2O2/c14-11-6-5-9(7-12(11)15)16-13(17)8-18-10-3-1-2-4-10/h5-7,10H,1-4,8,15H2,(H,16,17). The fourth-order valence-electron chi connectivity index (χ4n) is 2.07. The van der Waals surface area contributed by atoms with Gasteiger partial charge in [0.1, 0.15) is 12.4 Å². The predicted molar refractivity (Wildman–Crippen MR) is 67.7 cm³/mol. The summed E-state index contributed by atoms with van der Waals surface area (Å²) >= 11 is 0. The van der Waals surface area contributed by atoms with E-state index in [4.69, 9.17) is 10.5 Å². The van der Waals surface area contributed by atoms with Gasteiger partial charge in [-0.25, -0.2) is 4.39 Å². The van der Waals surface area contributed by atoms with E-state index in [2.05, 4.69) is 5.32 Å². The lowest BCUT2D eigenvalue weighted by Crippen LogP contribution is -2.21. The minimum Gasteiger partial charge on any atom is -0.396 e. The van der Waals surface area contributed by atoms with Crippen LogP contribution in [0.25, 0.3) is 0 Å². The van der Waals surface area contributed by atoms with Crippen LogP contribution >= 0.6 is 0 Å². The number of halogens is 1. The number of rotatable bonds is 4. The van der Waals surface area contributed by atoms with Crippen molar-refractivity contribution in [2.75, 3.05) is 17.7 Å². The second-order valence-corrected chi connectivity index (χ2v) is 4.50. The van der Waals surface area contributed by atoms with E-state index in [0.29, 0.717) is 5.69 Å². The molecular formula is C13H17FN2O2. The zero-order valence-corrected chi connectivity index (χ0v) is 10.1. The van der Waals surface area contributed by atoms with Gasteiger partial charge in [0.15, 0.2) is 0 Å². The maximum Gasteiger partial charge on any atom is 0.250 e. The molecule has 0 saturated heterocycles. The van der Waals surface area contributed by atoms with Crippen molar-refractivity contribution in [1.82, 2.24) is 0 Å². The third kappa shape index (κ3) is 3.43. The van der Waals surface area contributed by atoms with E-state index >= 15 is 0 Å². The van der Waals surface area contributed by atoms with Gasteiger partial charge in [0.25, 0.3) is 0 Å². The van der Waals surface area contributed by atoms with Gasteiger partial charge in [0.05, 0.1) is 11.8 Å². The van der Waals surface area contributed by atoms with Crippen LogP contribution in [0.1, 0.15) is 25.7 Å². The highest BCUT2D eigenvalue weighted by Gasteiger charge is 2.16. The lowest BCUT2D eigenvalue weighted by molar-refractivity contribution is -0.122. The molecule has 0 heterocycles. The molecule has 0 unspecified atom stereocenters. The Kier molecular flexibility index (Phi) is 4.15. The molecule has 1 aromatic rings. The van der Waals surface area contributed by atoms with Crippen LogP contribution in [-0.2, 0) is 9.53 Å². The third-order valence-corrected chi connectivity index (χ3v) is 3.03. The zero-order chi connectivity index (χ0) is 13.0. The Hall–Kier alpha value is -1.62. The van der Waals surface area contributed by atoms with E-state index in [1.54, 1.807) is 0 Å². The molecule has 0 aliphatic heterocycles. The van der Waals surface area contributed by atoms with Gasteiger partial charge in [-0.15, -0.1) is 0 Å². The zero-order valence-electron chi connectivity index (χ0n) is 10.1. The molecule has 5 heteroatoms. The molecule has 0 bridgehead atoms. The molecule has 1 fully saturated rings. The number of anilines is 2. The normalized spacial score (nSPS) is 15.8. The van der Waals surface area contributed by atoms with Crippen LogP contribution in [-0.4, -0.2) is 18.6 Å². The van der Waals surface area contributed by atoms with Crippen molar-refractivity contribution in [3.05, 3.63) is 24.0 Å². The lowest BCUT2D eigenvalue weighted by Gasteiger charge is -2.11. The summed E-state index contributed by atoms with van der Waals surface area (Å²) in [5, 5.41) is 2.62. The van der Waals surface area contributed by atoms with Crippen LogP contribution in [0.15, 0.2) is 18.2 Å². The number of hydrogen-bond donors (Lipinski definition) is 2. The molecule has 98 valence electrons. The predicted octanol–water partition coefficient (Wildman–Crippen LogP) is 2.31. The van der Waals surface area contributed by atoms with Gasteiger partial charge in [-0.05, 0) is 31.0 Å². The largest absolute Gasteiger partial charge is 0.396 e. The minimum atomic E-state index is -0.491. The molecular weight excluding hydrogens is 235 g/mol. The molecule has 0 radical (unpaired) electrons. The van der Waals surface area contributed by atoms with E-state index in [-0.39, 0.29) is 24.3 Å². The average Bonchev–Trinajstić information content (AvgIpc) is 2.84. The van der Waals surface area contributed by atoms with Crippen molar-refractivity contribution in [2.24, 2.45) is 0 Å². The first-order chi connectivity index (χ1) is 8.65. The Bertz CT molecular complexity index is 431. The van der Waals surface area contributed by atoms with Gasteiger partial charge in [0, 0.05) is 5.69 Å². The monoisotopic (exact) mass is 252 g/mol. The number of amides is 1. The molecule has 1 saturated carbocycles. The SMILES string of the molecule is Nc1cc(NC(=O)COC2CCCC2)ccc1F. The summed E-state index contributed by atoms with van der Waals surface area (Å²) in [7, 11) is 0. The molecule has 0 aromatic heterocycles. The van der Waals surface area contributed by atoms with Gasteiger partial charge in [-0.2, -0.15) is 0 Å². The Morgan fingerprint density at radius 1 is 1.44 bits per heavy atom. The van der Waals surface area contributed by atoms with Crippen LogP contribution in [0.2, 0.25) is 0 Å². The summed E-state index contributed by atoms with van der Waals surface area (Å²) in [6.07, 6.45) is 4.59. The molecule has 0 spiro atoms. The highest BCUT2D eigenvalue weighted by Crippen LogP contribution is 2.21. The summed E-state index contributed by atoms with van der Waals surface area (Å²) < 4.78 is 18.4. The van der Waals surface area contributed by atoms with Crippen molar-refractivity contribution in [3.63, 3.8) is 0 Å². The van der Waals surface area contributed by atoms with Crippen molar-refractivity contribution in [3.8, 4) is 0 Å². The van der Waals surface area contributed by atoms with Gasteiger partial charge in [0.2, 0.25) is 5.91 Å². The molecule has 1 aliphatic rings. The van der Waals surface area contributed by atoms with Crippen LogP contribution in [0, 0.1) is 5.82 Å². The fourth-order valence-corrected chi connectivity index (χ4v) is 2.07.